The first kappa shape index (κ1) is 11.6. The number of nitrogens with zero attached hydrogens (tertiary/aromatic N) is 1. The molecule has 0 unspecified atom stereocenters. The highest BCUT2D eigenvalue weighted by Gasteiger charge is 2.48. The van der Waals surface area contributed by atoms with Crippen LogP contribution in [0.25, 0.3) is 0 Å². The lowest BCUT2D eigenvalue weighted by Crippen LogP contribution is -2.47. The molecule has 1 aromatic rings. The summed E-state index contributed by atoms with van der Waals surface area (Å²) in [6, 6.07) is 3.53. The van der Waals surface area contributed by atoms with Gasteiger partial charge in [0.2, 0.25) is 0 Å². The first-order valence-corrected chi connectivity index (χ1v) is 7.59. The molecule has 0 spiro atoms. The molecule has 3 nitrogen and oxygen atoms in total. The lowest BCUT2D eigenvalue weighted by Gasteiger charge is -2.54. The smallest absolute Gasteiger partial charge is 0.184 e. The Labute approximate surface area is 114 Å². The van der Waals surface area contributed by atoms with Crippen molar-refractivity contribution in [2.75, 3.05) is 6.61 Å². The zero-order valence-electron chi connectivity index (χ0n) is 11.2. The van der Waals surface area contributed by atoms with E-state index in [1.165, 1.54) is 44.5 Å². The van der Waals surface area contributed by atoms with Gasteiger partial charge in [0, 0.05) is 12.1 Å². The van der Waals surface area contributed by atoms with Crippen LogP contribution in [0, 0.1) is 34.8 Å². The molecule has 5 rings (SSSR count). The van der Waals surface area contributed by atoms with Crippen LogP contribution in [-0.2, 0) is 0 Å². The lowest BCUT2D eigenvalue weighted by molar-refractivity contribution is -0.605. The number of hydrogen-bond donors (Lipinski definition) is 0. The van der Waals surface area contributed by atoms with Gasteiger partial charge in [-0.05, 0) is 61.7 Å². The van der Waals surface area contributed by atoms with Crippen LogP contribution in [0.15, 0.2) is 24.5 Å². The summed E-state index contributed by atoms with van der Waals surface area (Å²) in [4.78, 5) is 0. The maximum atomic E-state index is 11.0. The van der Waals surface area contributed by atoms with Gasteiger partial charge < -0.3 is 9.94 Å². The van der Waals surface area contributed by atoms with Crippen molar-refractivity contribution >= 4 is 0 Å². The van der Waals surface area contributed by atoms with Crippen LogP contribution < -0.4 is 9.47 Å². The second-order valence-corrected chi connectivity index (χ2v) is 6.80. The Morgan fingerprint density at radius 3 is 2.16 bits per heavy atom. The highest BCUT2D eigenvalue weighted by Crippen LogP contribution is 2.56. The topological polar surface area (TPSA) is 36.2 Å². The SMILES string of the molecule is [O-][n+]1ccc(OCC2C3CC4CC(C3)CC2C4)cc1. The van der Waals surface area contributed by atoms with Crippen molar-refractivity contribution in [2.24, 2.45) is 29.6 Å². The highest BCUT2D eigenvalue weighted by molar-refractivity contribution is 5.15. The molecule has 0 aromatic carbocycles. The molecule has 0 aliphatic heterocycles. The van der Waals surface area contributed by atoms with Crippen LogP contribution >= 0.6 is 0 Å². The van der Waals surface area contributed by atoms with E-state index in [1.807, 2.05) is 0 Å². The van der Waals surface area contributed by atoms with Gasteiger partial charge in [0.15, 0.2) is 12.4 Å². The summed E-state index contributed by atoms with van der Waals surface area (Å²) in [7, 11) is 0. The molecule has 4 fully saturated rings. The van der Waals surface area contributed by atoms with Gasteiger partial charge in [-0.3, -0.25) is 0 Å². The molecule has 4 aliphatic carbocycles. The van der Waals surface area contributed by atoms with Crippen LogP contribution in [0.5, 0.6) is 5.75 Å². The third kappa shape index (κ3) is 2.09. The van der Waals surface area contributed by atoms with Crippen LogP contribution in [0.4, 0.5) is 0 Å². The summed E-state index contributed by atoms with van der Waals surface area (Å²) in [5.74, 6) is 5.45. The number of rotatable bonds is 3. The van der Waals surface area contributed by atoms with E-state index in [-0.39, 0.29) is 0 Å². The fourth-order valence-electron chi connectivity index (χ4n) is 5.00. The Morgan fingerprint density at radius 2 is 1.58 bits per heavy atom. The van der Waals surface area contributed by atoms with E-state index in [9.17, 15) is 5.21 Å². The Hall–Kier alpha value is -1.25. The number of pyridine rings is 1. The molecular weight excluding hydrogens is 238 g/mol. The van der Waals surface area contributed by atoms with Gasteiger partial charge in [0.1, 0.15) is 5.75 Å². The predicted molar refractivity (Wildman–Crippen MR) is 71.4 cm³/mol. The maximum Gasteiger partial charge on any atom is 0.184 e. The fourth-order valence-corrected chi connectivity index (χ4v) is 5.00. The van der Waals surface area contributed by atoms with Gasteiger partial charge in [0.25, 0.3) is 0 Å². The summed E-state index contributed by atoms with van der Waals surface area (Å²) in [6.07, 6.45) is 10.3. The molecule has 1 heterocycles. The zero-order chi connectivity index (χ0) is 12.8. The molecule has 0 radical (unpaired) electrons. The lowest BCUT2D eigenvalue weighted by atomic mass is 9.52. The molecule has 0 N–H and O–H groups in total. The predicted octanol–water partition coefficient (Wildman–Crippen LogP) is 2.77. The molecule has 1 aromatic heterocycles. The van der Waals surface area contributed by atoms with Gasteiger partial charge in [-0.2, -0.15) is 4.73 Å². The van der Waals surface area contributed by atoms with Crippen molar-refractivity contribution in [1.29, 1.82) is 0 Å². The largest absolute Gasteiger partial charge is 0.619 e. The molecule has 19 heavy (non-hydrogen) atoms. The molecule has 0 saturated heterocycles. The van der Waals surface area contributed by atoms with Gasteiger partial charge >= 0.3 is 0 Å². The van der Waals surface area contributed by atoms with Crippen LogP contribution in [0.2, 0.25) is 0 Å². The van der Waals surface area contributed by atoms with Crippen molar-refractivity contribution in [1.82, 2.24) is 0 Å². The first-order valence-electron chi connectivity index (χ1n) is 7.59. The Kier molecular flexibility index (Phi) is 2.68. The van der Waals surface area contributed by atoms with Crippen molar-refractivity contribution in [3.05, 3.63) is 29.7 Å². The van der Waals surface area contributed by atoms with E-state index in [2.05, 4.69) is 0 Å². The quantitative estimate of drug-likeness (QED) is 0.618. The van der Waals surface area contributed by atoms with Crippen molar-refractivity contribution < 1.29 is 9.47 Å². The standard InChI is InChI=1S/C16H21NO2/c18-17-3-1-15(2-4-17)19-10-16-13-6-11-5-12(8-13)9-14(16)7-11/h1-4,11-14,16H,5-10H2. The molecule has 4 bridgehead atoms. The van der Waals surface area contributed by atoms with E-state index in [1.54, 1.807) is 12.1 Å². The molecule has 3 heteroatoms. The fraction of sp³-hybridized carbons (Fsp3) is 0.688. The average molecular weight is 259 g/mol. The second kappa shape index (κ2) is 4.39. The van der Waals surface area contributed by atoms with E-state index in [0.717, 1.165) is 46.7 Å². The molecule has 4 saturated carbocycles. The van der Waals surface area contributed by atoms with Gasteiger partial charge in [-0.25, -0.2) is 0 Å². The second-order valence-electron chi connectivity index (χ2n) is 6.80. The monoisotopic (exact) mass is 259 g/mol. The Bertz CT molecular complexity index is 428. The summed E-state index contributed by atoms with van der Waals surface area (Å²) >= 11 is 0. The molecule has 102 valence electrons. The van der Waals surface area contributed by atoms with Crippen LogP contribution in [-0.4, -0.2) is 6.61 Å². The maximum absolute atomic E-state index is 11.0. The van der Waals surface area contributed by atoms with Crippen molar-refractivity contribution in [3.63, 3.8) is 0 Å². The number of hydrogen-bond acceptors (Lipinski definition) is 2. The van der Waals surface area contributed by atoms with Crippen LogP contribution in [0.1, 0.15) is 32.1 Å². The van der Waals surface area contributed by atoms with E-state index in [0.29, 0.717) is 0 Å². The first-order chi connectivity index (χ1) is 9.28. The highest BCUT2D eigenvalue weighted by atomic mass is 16.5. The van der Waals surface area contributed by atoms with Gasteiger partial charge in [-0.1, -0.05) is 0 Å². The van der Waals surface area contributed by atoms with E-state index < -0.39 is 0 Å². The molecule has 0 amide bonds. The molecular formula is C16H21NO2. The minimum Gasteiger partial charge on any atom is -0.619 e. The summed E-state index contributed by atoms with van der Waals surface area (Å²) in [6.45, 7) is 0.845. The molecule has 4 aliphatic rings. The molecule has 0 atom stereocenters. The Morgan fingerprint density at radius 1 is 1.00 bits per heavy atom. The average Bonchev–Trinajstić information content (AvgIpc) is 2.39. The third-order valence-electron chi connectivity index (χ3n) is 5.64. The summed E-state index contributed by atoms with van der Waals surface area (Å²) in [5, 5.41) is 11.0. The normalized spacial score (nSPS) is 39.5. The zero-order valence-corrected chi connectivity index (χ0v) is 11.2. The minimum absolute atomic E-state index is 0.757. The van der Waals surface area contributed by atoms with Gasteiger partial charge in [0.05, 0.1) is 6.61 Å². The van der Waals surface area contributed by atoms with Gasteiger partial charge in [-0.15, -0.1) is 0 Å². The van der Waals surface area contributed by atoms with E-state index in [4.69, 9.17) is 4.74 Å². The van der Waals surface area contributed by atoms with Crippen LogP contribution in [0.3, 0.4) is 0 Å². The number of ether oxygens (including phenoxy) is 1. The van der Waals surface area contributed by atoms with Crippen molar-refractivity contribution in [3.8, 4) is 5.75 Å². The number of aromatic nitrogens is 1. The van der Waals surface area contributed by atoms with Crippen molar-refractivity contribution in [2.45, 2.75) is 32.1 Å². The minimum atomic E-state index is 0.757. The van der Waals surface area contributed by atoms with E-state index >= 15 is 0 Å². The third-order valence-corrected chi connectivity index (χ3v) is 5.64. The Balaban J connectivity index is 1.42. The summed E-state index contributed by atoms with van der Waals surface area (Å²) < 4.78 is 6.74. The summed E-state index contributed by atoms with van der Waals surface area (Å²) in [5.41, 5.74) is 0.